The largest absolute Gasteiger partial charge is 0.497 e. The van der Waals surface area contributed by atoms with Gasteiger partial charge < -0.3 is 15.0 Å². The lowest BCUT2D eigenvalue weighted by Gasteiger charge is -2.34. The minimum absolute atomic E-state index is 0.0306. The van der Waals surface area contributed by atoms with Gasteiger partial charge in [0.25, 0.3) is 0 Å². The van der Waals surface area contributed by atoms with E-state index < -0.39 is 0 Å². The van der Waals surface area contributed by atoms with Crippen LogP contribution in [-0.2, 0) is 11.8 Å². The van der Waals surface area contributed by atoms with E-state index >= 15 is 0 Å². The van der Waals surface area contributed by atoms with Crippen LogP contribution in [0.5, 0.6) is 5.75 Å². The predicted octanol–water partition coefficient (Wildman–Crippen LogP) is 0.528. The average molecular weight is 382 g/mol. The molecule has 0 aliphatic carbocycles. The fourth-order valence-electron chi connectivity index (χ4n) is 3.27. The Labute approximate surface area is 162 Å². The van der Waals surface area contributed by atoms with E-state index in [1.54, 1.807) is 11.8 Å². The molecule has 0 bridgehead atoms. The Bertz CT molecular complexity index is 963. The van der Waals surface area contributed by atoms with Crippen molar-refractivity contribution in [3.8, 4) is 5.75 Å². The molecule has 2 aromatic heterocycles. The first-order valence-electron chi connectivity index (χ1n) is 9.05. The molecule has 1 amide bonds. The van der Waals surface area contributed by atoms with Gasteiger partial charge in [0.15, 0.2) is 17.0 Å². The minimum Gasteiger partial charge on any atom is -0.497 e. The quantitative estimate of drug-likeness (QED) is 0.682. The summed E-state index contributed by atoms with van der Waals surface area (Å²) in [6, 6.07) is 7.30. The van der Waals surface area contributed by atoms with Crippen molar-refractivity contribution in [1.82, 2.24) is 29.9 Å². The van der Waals surface area contributed by atoms with Gasteiger partial charge in [0, 0.05) is 38.9 Å². The summed E-state index contributed by atoms with van der Waals surface area (Å²) in [4.78, 5) is 25.2. The van der Waals surface area contributed by atoms with E-state index in [4.69, 9.17) is 4.74 Å². The Kier molecular flexibility index (Phi) is 5.02. The molecule has 0 atom stereocenters. The summed E-state index contributed by atoms with van der Waals surface area (Å²) in [5, 5.41) is 11.1. The van der Waals surface area contributed by atoms with E-state index in [9.17, 15) is 4.79 Å². The number of aryl methyl sites for hydroxylation is 1. The number of anilines is 2. The van der Waals surface area contributed by atoms with E-state index in [2.05, 4.69) is 35.4 Å². The molecular formula is C18H22N8O2. The van der Waals surface area contributed by atoms with Crippen LogP contribution in [0.1, 0.15) is 0 Å². The zero-order valence-electron chi connectivity index (χ0n) is 15.9. The van der Waals surface area contributed by atoms with Crippen LogP contribution in [-0.4, -0.2) is 75.6 Å². The fraction of sp³-hybridized carbons (Fsp3) is 0.389. The standard InChI is InChI=1S/C18H22N8O2/c1-24-17-16(22-23-24)18(20-12-19-17)26-9-7-25(8-10-26)11-15(27)21-13-3-5-14(28-2)6-4-13/h3-6,12H,7-11H2,1-2H3,(H,21,27). The molecule has 1 aliphatic heterocycles. The summed E-state index contributed by atoms with van der Waals surface area (Å²) in [5.41, 5.74) is 2.18. The number of aromatic nitrogens is 5. The molecule has 0 unspecified atom stereocenters. The number of carbonyl (C=O) groups is 1. The summed E-state index contributed by atoms with van der Waals surface area (Å²) < 4.78 is 6.77. The molecule has 146 valence electrons. The van der Waals surface area contributed by atoms with Gasteiger partial charge in [-0.1, -0.05) is 5.21 Å². The van der Waals surface area contributed by atoms with Gasteiger partial charge in [-0.25, -0.2) is 14.6 Å². The van der Waals surface area contributed by atoms with Crippen LogP contribution in [0.4, 0.5) is 11.5 Å². The first-order chi connectivity index (χ1) is 13.6. The molecule has 1 aromatic carbocycles. The number of hydrogen-bond donors (Lipinski definition) is 1. The number of nitrogens with zero attached hydrogens (tertiary/aromatic N) is 7. The van der Waals surface area contributed by atoms with Crippen molar-refractivity contribution in [3.05, 3.63) is 30.6 Å². The average Bonchev–Trinajstić information content (AvgIpc) is 3.10. The lowest BCUT2D eigenvalue weighted by atomic mass is 10.2. The highest BCUT2D eigenvalue weighted by molar-refractivity contribution is 5.92. The molecule has 0 saturated carbocycles. The van der Waals surface area contributed by atoms with E-state index in [0.717, 1.165) is 43.4 Å². The normalized spacial score (nSPS) is 15.0. The highest BCUT2D eigenvalue weighted by atomic mass is 16.5. The number of amides is 1. The van der Waals surface area contributed by atoms with Gasteiger partial charge in [-0.2, -0.15) is 0 Å². The molecule has 1 saturated heterocycles. The smallest absolute Gasteiger partial charge is 0.238 e. The number of ether oxygens (including phenoxy) is 1. The second-order valence-electron chi connectivity index (χ2n) is 6.62. The molecule has 10 heteroatoms. The molecule has 3 heterocycles. The molecule has 0 radical (unpaired) electrons. The lowest BCUT2D eigenvalue weighted by Crippen LogP contribution is -2.49. The van der Waals surface area contributed by atoms with Crippen LogP contribution in [0.2, 0.25) is 0 Å². The highest BCUT2D eigenvalue weighted by Crippen LogP contribution is 2.21. The maximum atomic E-state index is 12.3. The van der Waals surface area contributed by atoms with Crippen LogP contribution >= 0.6 is 0 Å². The first kappa shape index (κ1) is 18.1. The molecule has 4 rings (SSSR count). The molecule has 0 spiro atoms. The second kappa shape index (κ2) is 7.77. The van der Waals surface area contributed by atoms with Gasteiger partial charge in [0.2, 0.25) is 5.91 Å². The van der Waals surface area contributed by atoms with Crippen molar-refractivity contribution in [2.45, 2.75) is 0 Å². The molecule has 1 N–H and O–H groups in total. The topological polar surface area (TPSA) is 101 Å². The first-order valence-corrected chi connectivity index (χ1v) is 9.05. The zero-order chi connectivity index (χ0) is 19.5. The van der Waals surface area contributed by atoms with Gasteiger partial charge in [-0.15, -0.1) is 5.10 Å². The molecule has 1 aliphatic rings. The third kappa shape index (κ3) is 3.72. The number of methoxy groups -OCH3 is 1. The minimum atomic E-state index is -0.0306. The Morgan fingerprint density at radius 2 is 1.89 bits per heavy atom. The number of piperazine rings is 1. The van der Waals surface area contributed by atoms with Crippen LogP contribution < -0.4 is 15.0 Å². The number of fused-ring (bicyclic) bond motifs is 1. The van der Waals surface area contributed by atoms with Crippen molar-refractivity contribution in [1.29, 1.82) is 0 Å². The van der Waals surface area contributed by atoms with E-state index in [0.29, 0.717) is 17.7 Å². The third-order valence-corrected chi connectivity index (χ3v) is 4.78. The molecule has 1 fully saturated rings. The van der Waals surface area contributed by atoms with Crippen LogP contribution in [0.15, 0.2) is 30.6 Å². The van der Waals surface area contributed by atoms with E-state index in [1.807, 2.05) is 31.3 Å². The third-order valence-electron chi connectivity index (χ3n) is 4.78. The molecule has 3 aromatic rings. The van der Waals surface area contributed by atoms with Crippen molar-refractivity contribution < 1.29 is 9.53 Å². The number of carbonyl (C=O) groups excluding carboxylic acids is 1. The summed E-state index contributed by atoms with van der Waals surface area (Å²) in [7, 11) is 3.43. The Hall–Kier alpha value is -3.27. The van der Waals surface area contributed by atoms with Gasteiger partial charge in [-0.3, -0.25) is 9.69 Å². The predicted molar refractivity (Wildman–Crippen MR) is 104 cm³/mol. The highest BCUT2D eigenvalue weighted by Gasteiger charge is 2.23. The molecular weight excluding hydrogens is 360 g/mol. The number of rotatable bonds is 5. The van der Waals surface area contributed by atoms with Gasteiger partial charge in [0.1, 0.15) is 12.1 Å². The zero-order valence-corrected chi connectivity index (χ0v) is 15.9. The SMILES string of the molecule is COc1ccc(NC(=O)CN2CCN(c3ncnc4c3nnn4C)CC2)cc1. The van der Waals surface area contributed by atoms with E-state index in [1.165, 1.54) is 6.33 Å². The van der Waals surface area contributed by atoms with Crippen molar-refractivity contribution in [2.24, 2.45) is 7.05 Å². The summed E-state index contributed by atoms with van der Waals surface area (Å²) in [6.45, 7) is 3.41. The van der Waals surface area contributed by atoms with Crippen LogP contribution in [0.3, 0.4) is 0 Å². The lowest BCUT2D eigenvalue weighted by molar-refractivity contribution is -0.117. The van der Waals surface area contributed by atoms with Crippen LogP contribution in [0, 0.1) is 0 Å². The maximum absolute atomic E-state index is 12.3. The Balaban J connectivity index is 1.33. The Morgan fingerprint density at radius 1 is 1.14 bits per heavy atom. The van der Waals surface area contributed by atoms with Gasteiger partial charge in [0.05, 0.1) is 13.7 Å². The fourth-order valence-corrected chi connectivity index (χ4v) is 3.27. The summed E-state index contributed by atoms with van der Waals surface area (Å²) >= 11 is 0. The molecule has 28 heavy (non-hydrogen) atoms. The molecule has 10 nitrogen and oxygen atoms in total. The van der Waals surface area contributed by atoms with Crippen molar-refractivity contribution >= 4 is 28.6 Å². The van der Waals surface area contributed by atoms with Gasteiger partial charge in [-0.05, 0) is 24.3 Å². The number of benzene rings is 1. The Morgan fingerprint density at radius 3 is 2.61 bits per heavy atom. The monoisotopic (exact) mass is 382 g/mol. The van der Waals surface area contributed by atoms with Crippen LogP contribution in [0.25, 0.3) is 11.2 Å². The second-order valence-corrected chi connectivity index (χ2v) is 6.62. The summed E-state index contributed by atoms with van der Waals surface area (Å²) in [5.74, 6) is 1.52. The van der Waals surface area contributed by atoms with Gasteiger partial charge >= 0.3 is 0 Å². The number of nitrogens with one attached hydrogen (secondary N) is 1. The summed E-state index contributed by atoms with van der Waals surface area (Å²) in [6.07, 6.45) is 1.54. The van der Waals surface area contributed by atoms with Crippen molar-refractivity contribution in [2.75, 3.05) is 50.1 Å². The van der Waals surface area contributed by atoms with Crippen molar-refractivity contribution in [3.63, 3.8) is 0 Å². The maximum Gasteiger partial charge on any atom is 0.238 e. The number of hydrogen-bond acceptors (Lipinski definition) is 8. The van der Waals surface area contributed by atoms with E-state index in [-0.39, 0.29) is 5.91 Å².